The van der Waals surface area contributed by atoms with Crippen LogP contribution >= 0.6 is 11.6 Å². The van der Waals surface area contributed by atoms with Crippen LogP contribution in [0.4, 0.5) is 0 Å². The summed E-state index contributed by atoms with van der Waals surface area (Å²) in [5, 5.41) is 11.2. The third-order valence-corrected chi connectivity index (χ3v) is 6.14. The zero-order valence-corrected chi connectivity index (χ0v) is 15.6. The fraction of sp³-hybridized carbons (Fsp3) is 0.438. The van der Waals surface area contributed by atoms with E-state index >= 15 is 0 Å². The number of carbonyl (C=O) groups is 2. The van der Waals surface area contributed by atoms with Crippen LogP contribution in [0.1, 0.15) is 12.8 Å². The number of piperazine rings is 1. The van der Waals surface area contributed by atoms with Crippen molar-refractivity contribution in [1.29, 1.82) is 5.26 Å². The SMILES string of the molecule is N#CCNC(=O)CCC(=O)N1CCN(S(=O)(=O)c2ccc(Cl)cc2)CC1. The van der Waals surface area contributed by atoms with Crippen molar-refractivity contribution in [3.63, 3.8) is 0 Å². The molecule has 0 atom stereocenters. The van der Waals surface area contributed by atoms with E-state index in [2.05, 4.69) is 5.32 Å². The molecule has 140 valence electrons. The molecular weight excluding hydrogens is 380 g/mol. The minimum Gasteiger partial charge on any atom is -0.343 e. The summed E-state index contributed by atoms with van der Waals surface area (Å²) in [5.74, 6) is -0.565. The van der Waals surface area contributed by atoms with Crippen LogP contribution in [0.25, 0.3) is 0 Å². The minimum atomic E-state index is -3.62. The summed E-state index contributed by atoms with van der Waals surface area (Å²) in [6.45, 7) is 0.833. The molecule has 2 amide bonds. The fourth-order valence-corrected chi connectivity index (χ4v) is 4.09. The lowest BCUT2D eigenvalue weighted by Gasteiger charge is -2.34. The Labute approximate surface area is 157 Å². The molecule has 1 fully saturated rings. The highest BCUT2D eigenvalue weighted by molar-refractivity contribution is 7.89. The molecule has 0 aliphatic carbocycles. The molecule has 1 aromatic rings. The first kappa shape index (κ1) is 20.2. The average molecular weight is 399 g/mol. The van der Waals surface area contributed by atoms with Crippen molar-refractivity contribution in [2.75, 3.05) is 32.7 Å². The maximum absolute atomic E-state index is 12.6. The highest BCUT2D eigenvalue weighted by Crippen LogP contribution is 2.20. The Morgan fingerprint density at radius 3 is 2.31 bits per heavy atom. The second-order valence-corrected chi connectivity index (χ2v) is 8.05. The molecule has 0 aromatic heterocycles. The Hall–Kier alpha value is -2.15. The van der Waals surface area contributed by atoms with Crippen molar-refractivity contribution >= 4 is 33.4 Å². The summed E-state index contributed by atoms with van der Waals surface area (Å²) in [4.78, 5) is 25.3. The standard InChI is InChI=1S/C16H19ClN4O4S/c17-13-1-3-14(4-2-13)26(24,25)21-11-9-20(10-12-21)16(23)6-5-15(22)19-8-7-18/h1-4H,5-6,8-12H2,(H,19,22). The number of nitriles is 1. The summed E-state index contributed by atoms with van der Waals surface area (Å²) < 4.78 is 26.5. The van der Waals surface area contributed by atoms with Gasteiger partial charge in [0, 0.05) is 44.0 Å². The first-order valence-corrected chi connectivity index (χ1v) is 9.83. The first-order valence-electron chi connectivity index (χ1n) is 8.01. The van der Waals surface area contributed by atoms with E-state index in [1.54, 1.807) is 11.0 Å². The van der Waals surface area contributed by atoms with Gasteiger partial charge in [0.15, 0.2) is 0 Å². The summed E-state index contributed by atoms with van der Waals surface area (Å²) in [6, 6.07) is 7.73. The normalized spacial score (nSPS) is 15.3. The number of benzene rings is 1. The van der Waals surface area contributed by atoms with Crippen molar-refractivity contribution < 1.29 is 18.0 Å². The number of rotatable bonds is 6. The number of nitrogens with zero attached hydrogens (tertiary/aromatic N) is 3. The first-order chi connectivity index (χ1) is 12.3. The van der Waals surface area contributed by atoms with Gasteiger partial charge in [-0.15, -0.1) is 0 Å². The fourth-order valence-electron chi connectivity index (χ4n) is 2.54. The molecule has 1 saturated heterocycles. The van der Waals surface area contributed by atoms with Gasteiger partial charge in [-0.1, -0.05) is 11.6 Å². The maximum Gasteiger partial charge on any atom is 0.243 e. The Kier molecular flexibility index (Phi) is 6.97. The number of hydrogen-bond donors (Lipinski definition) is 1. The van der Waals surface area contributed by atoms with E-state index in [1.807, 2.05) is 0 Å². The molecule has 1 heterocycles. The average Bonchev–Trinajstić information content (AvgIpc) is 2.64. The quantitative estimate of drug-likeness (QED) is 0.705. The number of halogens is 1. The molecule has 10 heteroatoms. The zero-order chi connectivity index (χ0) is 19.2. The number of amides is 2. The largest absolute Gasteiger partial charge is 0.343 e. The van der Waals surface area contributed by atoms with Gasteiger partial charge in [0.2, 0.25) is 21.8 Å². The van der Waals surface area contributed by atoms with E-state index in [4.69, 9.17) is 16.9 Å². The molecule has 0 unspecified atom stereocenters. The van der Waals surface area contributed by atoms with Gasteiger partial charge in [0.05, 0.1) is 11.0 Å². The van der Waals surface area contributed by atoms with Crippen molar-refractivity contribution in [2.24, 2.45) is 0 Å². The predicted octanol–water partition coefficient (Wildman–Crippen LogP) is 0.593. The van der Waals surface area contributed by atoms with E-state index < -0.39 is 10.0 Å². The molecule has 8 nitrogen and oxygen atoms in total. The van der Waals surface area contributed by atoms with Crippen LogP contribution in [0.15, 0.2) is 29.2 Å². The molecule has 0 radical (unpaired) electrons. The lowest BCUT2D eigenvalue weighted by Crippen LogP contribution is -2.50. The minimum absolute atomic E-state index is 0.00377. The predicted molar refractivity (Wildman–Crippen MR) is 94.6 cm³/mol. The van der Waals surface area contributed by atoms with Crippen LogP contribution in [0.5, 0.6) is 0 Å². The molecule has 2 rings (SSSR count). The van der Waals surface area contributed by atoms with Crippen molar-refractivity contribution in [1.82, 2.24) is 14.5 Å². The highest BCUT2D eigenvalue weighted by Gasteiger charge is 2.30. The lowest BCUT2D eigenvalue weighted by atomic mass is 10.2. The molecule has 0 saturated carbocycles. The smallest absolute Gasteiger partial charge is 0.243 e. The van der Waals surface area contributed by atoms with E-state index in [0.29, 0.717) is 5.02 Å². The van der Waals surface area contributed by atoms with Gasteiger partial charge in [0.1, 0.15) is 6.54 Å². The monoisotopic (exact) mass is 398 g/mol. The molecule has 1 N–H and O–H groups in total. The van der Waals surface area contributed by atoms with Crippen LogP contribution in [0.3, 0.4) is 0 Å². The van der Waals surface area contributed by atoms with Crippen LogP contribution in [-0.2, 0) is 19.6 Å². The molecule has 1 aliphatic rings. The Morgan fingerprint density at radius 2 is 1.73 bits per heavy atom. The van der Waals surface area contributed by atoms with E-state index in [-0.39, 0.29) is 62.3 Å². The van der Waals surface area contributed by atoms with Crippen LogP contribution < -0.4 is 5.32 Å². The molecular formula is C16H19ClN4O4S. The van der Waals surface area contributed by atoms with Gasteiger partial charge in [0.25, 0.3) is 0 Å². The summed E-state index contributed by atoms with van der Waals surface area (Å²) >= 11 is 5.78. The van der Waals surface area contributed by atoms with Crippen molar-refractivity contribution in [3.8, 4) is 6.07 Å². The van der Waals surface area contributed by atoms with Gasteiger partial charge >= 0.3 is 0 Å². The summed E-state index contributed by atoms with van der Waals surface area (Å²) in [5.41, 5.74) is 0. The lowest BCUT2D eigenvalue weighted by molar-refractivity contribution is -0.134. The van der Waals surface area contributed by atoms with Gasteiger partial charge < -0.3 is 10.2 Å². The van der Waals surface area contributed by atoms with Crippen LogP contribution in [0, 0.1) is 11.3 Å². The Balaban J connectivity index is 1.86. The number of sulfonamides is 1. The van der Waals surface area contributed by atoms with Crippen molar-refractivity contribution in [3.05, 3.63) is 29.3 Å². The highest BCUT2D eigenvalue weighted by atomic mass is 35.5. The van der Waals surface area contributed by atoms with Gasteiger partial charge in [-0.2, -0.15) is 9.57 Å². The molecule has 1 aliphatic heterocycles. The second kappa shape index (κ2) is 8.98. The molecule has 26 heavy (non-hydrogen) atoms. The van der Waals surface area contributed by atoms with Gasteiger partial charge in [-0.3, -0.25) is 9.59 Å². The zero-order valence-electron chi connectivity index (χ0n) is 14.0. The molecule has 1 aromatic carbocycles. The van der Waals surface area contributed by atoms with Crippen LogP contribution in [-0.4, -0.2) is 62.2 Å². The van der Waals surface area contributed by atoms with Crippen molar-refractivity contribution in [2.45, 2.75) is 17.7 Å². The van der Waals surface area contributed by atoms with E-state index in [9.17, 15) is 18.0 Å². The third-order valence-electron chi connectivity index (χ3n) is 3.97. The Morgan fingerprint density at radius 1 is 1.12 bits per heavy atom. The van der Waals surface area contributed by atoms with Crippen LogP contribution in [0.2, 0.25) is 5.02 Å². The maximum atomic E-state index is 12.6. The summed E-state index contributed by atoms with van der Waals surface area (Å²) in [6.07, 6.45) is 0.0327. The van der Waals surface area contributed by atoms with Gasteiger partial charge in [-0.25, -0.2) is 8.42 Å². The molecule has 0 spiro atoms. The number of hydrogen-bond acceptors (Lipinski definition) is 5. The summed E-state index contributed by atoms with van der Waals surface area (Å²) in [7, 11) is -3.62. The van der Waals surface area contributed by atoms with Gasteiger partial charge in [-0.05, 0) is 24.3 Å². The number of nitrogens with one attached hydrogen (secondary N) is 1. The van der Waals surface area contributed by atoms with E-state index in [1.165, 1.54) is 28.6 Å². The molecule has 0 bridgehead atoms. The second-order valence-electron chi connectivity index (χ2n) is 5.67. The third kappa shape index (κ3) is 5.17. The van der Waals surface area contributed by atoms with E-state index in [0.717, 1.165) is 0 Å². The number of carbonyl (C=O) groups excluding carboxylic acids is 2. The topological polar surface area (TPSA) is 111 Å². The Bertz CT molecular complexity index is 797.